The lowest BCUT2D eigenvalue weighted by molar-refractivity contribution is -0.486. The zero-order valence-corrected chi connectivity index (χ0v) is 21.7. The Morgan fingerprint density at radius 1 is 0.974 bits per heavy atom. The van der Waals surface area contributed by atoms with Gasteiger partial charge in [0.25, 0.3) is 5.91 Å². The number of phosphoric acid groups is 1. The van der Waals surface area contributed by atoms with Crippen LogP contribution in [0, 0.1) is 10.1 Å². The summed E-state index contributed by atoms with van der Waals surface area (Å²) < 4.78 is 71.6. The van der Waals surface area contributed by atoms with E-state index >= 15 is 0 Å². The van der Waals surface area contributed by atoms with Crippen LogP contribution in [0.5, 0.6) is 0 Å². The van der Waals surface area contributed by atoms with Crippen molar-refractivity contribution in [2.75, 3.05) is 25.7 Å². The molecule has 4 rings (SSSR count). The van der Waals surface area contributed by atoms with Crippen molar-refractivity contribution >= 4 is 19.4 Å². The van der Waals surface area contributed by atoms with Crippen molar-refractivity contribution in [2.24, 2.45) is 0 Å². The number of para-hydroxylation sites is 1. The molecule has 1 amide bonds. The summed E-state index contributed by atoms with van der Waals surface area (Å²) in [6, 6.07) is 19.0. The first-order chi connectivity index (χ1) is 18.5. The maximum Gasteiger partial charge on any atom is 0.475 e. The molecule has 9 nitrogen and oxygen atoms in total. The molecule has 0 aromatic heterocycles. The molecule has 206 valence electrons. The maximum atomic E-state index is 14.4. The lowest BCUT2D eigenvalue weighted by Gasteiger charge is -2.36. The Bertz CT molecular complexity index is 1410. The fourth-order valence-electron chi connectivity index (χ4n) is 4.84. The fraction of sp³-hybridized carbons (Fsp3) is 0.269. The average Bonchev–Trinajstić information content (AvgIpc) is 3.15. The number of carbonyl (C=O) groups is 1. The maximum absolute atomic E-state index is 14.4. The molecular weight excluding hydrogens is 540 g/mol. The molecule has 0 radical (unpaired) electrons. The van der Waals surface area contributed by atoms with Gasteiger partial charge in [-0.2, -0.15) is 13.2 Å². The van der Waals surface area contributed by atoms with Crippen molar-refractivity contribution in [2.45, 2.75) is 24.2 Å². The van der Waals surface area contributed by atoms with Gasteiger partial charge in [-0.3, -0.25) is 28.5 Å². The minimum absolute atomic E-state index is 0.0101. The fourth-order valence-corrected chi connectivity index (χ4v) is 5.79. The van der Waals surface area contributed by atoms with Gasteiger partial charge in [0.05, 0.1) is 23.7 Å². The Morgan fingerprint density at radius 3 is 2.18 bits per heavy atom. The predicted molar refractivity (Wildman–Crippen MR) is 135 cm³/mol. The normalized spacial score (nSPS) is 18.2. The Labute approximate surface area is 221 Å². The first-order valence-electron chi connectivity index (χ1n) is 11.6. The first-order valence-corrected chi connectivity index (χ1v) is 13.1. The largest absolute Gasteiger partial charge is 0.475 e. The number of anilines is 1. The first kappa shape index (κ1) is 28.4. The number of hydrogen-bond donors (Lipinski definition) is 0. The Balaban J connectivity index is 2.04. The molecule has 1 aliphatic rings. The van der Waals surface area contributed by atoms with Crippen molar-refractivity contribution in [1.82, 2.24) is 0 Å². The summed E-state index contributed by atoms with van der Waals surface area (Å²) >= 11 is 0. The predicted octanol–water partition coefficient (Wildman–Crippen LogP) is 5.93. The molecule has 0 saturated heterocycles. The summed E-state index contributed by atoms with van der Waals surface area (Å²) in [4.78, 5) is 26.8. The topological polar surface area (TPSA) is 108 Å². The second-order valence-electron chi connectivity index (χ2n) is 8.69. The van der Waals surface area contributed by atoms with E-state index in [1.807, 2.05) is 0 Å². The Hall–Kier alpha value is -3.57. The highest BCUT2D eigenvalue weighted by Crippen LogP contribution is 2.62. The second-order valence-corrected chi connectivity index (χ2v) is 10.5. The molecule has 0 fully saturated rings. The van der Waals surface area contributed by atoms with Gasteiger partial charge in [-0.1, -0.05) is 66.7 Å². The third-order valence-electron chi connectivity index (χ3n) is 6.51. The number of halogens is 3. The smallest absolute Gasteiger partial charge is 0.305 e. The molecule has 13 heteroatoms. The molecule has 0 N–H and O–H groups in total. The number of phosphoric ester groups is 1. The molecule has 1 aliphatic heterocycles. The van der Waals surface area contributed by atoms with Crippen molar-refractivity contribution < 1.29 is 41.0 Å². The van der Waals surface area contributed by atoms with E-state index in [1.54, 1.807) is 36.4 Å². The molecule has 1 heterocycles. The van der Waals surface area contributed by atoms with Crippen LogP contribution in [0.25, 0.3) is 0 Å². The molecule has 39 heavy (non-hydrogen) atoms. The van der Waals surface area contributed by atoms with E-state index in [0.717, 1.165) is 32.4 Å². The van der Waals surface area contributed by atoms with E-state index in [-0.39, 0.29) is 17.8 Å². The van der Waals surface area contributed by atoms with Crippen molar-refractivity contribution in [1.29, 1.82) is 0 Å². The third kappa shape index (κ3) is 5.33. The van der Waals surface area contributed by atoms with Gasteiger partial charge < -0.3 is 4.90 Å². The van der Waals surface area contributed by atoms with Crippen LogP contribution < -0.4 is 4.90 Å². The molecular formula is C26H24F3N2O7P. The van der Waals surface area contributed by atoms with E-state index in [9.17, 15) is 32.6 Å². The van der Waals surface area contributed by atoms with Crippen molar-refractivity contribution in [3.05, 3.63) is 111 Å². The van der Waals surface area contributed by atoms with Gasteiger partial charge in [0, 0.05) is 24.7 Å². The molecule has 3 aromatic rings. The van der Waals surface area contributed by atoms with Crippen molar-refractivity contribution in [3.63, 3.8) is 0 Å². The molecule has 0 saturated carbocycles. The highest BCUT2D eigenvalue weighted by Gasteiger charge is 2.63. The van der Waals surface area contributed by atoms with Crippen LogP contribution in [0.4, 0.5) is 18.9 Å². The summed E-state index contributed by atoms with van der Waals surface area (Å²) in [6.45, 7) is -1.21. The molecule has 0 unspecified atom stereocenters. The number of hydrogen-bond acceptors (Lipinski definition) is 7. The molecule has 0 spiro atoms. The SMILES string of the molecule is COP(=O)(OC)O[C@]1([C@H](C[N+](=O)[O-])c2ccccc2C(F)(F)F)C(=O)N(Cc2ccccc2)c2ccccc21. The molecule has 2 atom stereocenters. The van der Waals surface area contributed by atoms with Crippen LogP contribution in [-0.2, 0) is 41.3 Å². The summed E-state index contributed by atoms with van der Waals surface area (Å²) in [6.07, 6.45) is -4.93. The number of carbonyl (C=O) groups excluding carboxylic acids is 1. The molecule has 0 aliphatic carbocycles. The number of rotatable bonds is 10. The minimum atomic E-state index is -4.93. The highest BCUT2D eigenvalue weighted by atomic mass is 31.2. The zero-order chi connectivity index (χ0) is 28.4. The standard InChI is InChI=1S/C26H24F3N2O7P/c1-36-39(35,37-2)38-25(22(17-31(33)34)19-12-6-7-13-20(19)26(27,28)29)21-14-8-9-15-23(21)30(24(25)32)16-18-10-4-3-5-11-18/h3-15,22H,16-17H2,1-2H3/t22-,25-/m1/s1. The van der Waals surface area contributed by atoms with Gasteiger partial charge in [-0.25, -0.2) is 4.57 Å². The van der Waals surface area contributed by atoms with E-state index in [2.05, 4.69) is 0 Å². The van der Waals surface area contributed by atoms with Crippen LogP contribution in [0.1, 0.15) is 28.2 Å². The number of alkyl halides is 3. The number of amides is 1. The highest BCUT2D eigenvalue weighted by molar-refractivity contribution is 7.48. The lowest BCUT2D eigenvalue weighted by Crippen LogP contribution is -2.48. The van der Waals surface area contributed by atoms with Gasteiger partial charge in [0.15, 0.2) is 5.60 Å². The van der Waals surface area contributed by atoms with E-state index in [1.165, 1.54) is 29.2 Å². The Kier molecular flexibility index (Phi) is 7.94. The number of nitro groups is 1. The zero-order valence-electron chi connectivity index (χ0n) is 20.8. The average molecular weight is 564 g/mol. The second kappa shape index (κ2) is 10.9. The summed E-state index contributed by atoms with van der Waals surface area (Å²) in [5, 5.41) is 12.0. The van der Waals surface area contributed by atoms with Crippen LogP contribution >= 0.6 is 7.82 Å². The minimum Gasteiger partial charge on any atom is -0.305 e. The summed E-state index contributed by atoms with van der Waals surface area (Å²) in [7, 11) is -2.68. The summed E-state index contributed by atoms with van der Waals surface area (Å²) in [5.41, 5.74) is -3.48. The van der Waals surface area contributed by atoms with Crippen LogP contribution in [0.15, 0.2) is 78.9 Å². The van der Waals surface area contributed by atoms with Gasteiger partial charge in [-0.15, -0.1) is 0 Å². The van der Waals surface area contributed by atoms with E-state index < -0.39 is 54.0 Å². The number of nitrogens with zero attached hydrogens (tertiary/aromatic N) is 2. The monoisotopic (exact) mass is 564 g/mol. The number of benzene rings is 3. The van der Waals surface area contributed by atoms with Gasteiger partial charge >= 0.3 is 14.0 Å². The summed E-state index contributed by atoms with van der Waals surface area (Å²) in [5.74, 6) is -2.84. The van der Waals surface area contributed by atoms with Gasteiger partial charge in [0.2, 0.25) is 6.54 Å². The Morgan fingerprint density at radius 2 is 1.56 bits per heavy atom. The van der Waals surface area contributed by atoms with Crippen molar-refractivity contribution in [3.8, 4) is 0 Å². The molecule has 0 bridgehead atoms. The molecule has 3 aromatic carbocycles. The van der Waals surface area contributed by atoms with Gasteiger partial charge in [-0.05, 0) is 23.3 Å². The van der Waals surface area contributed by atoms with Crippen LogP contribution in [0.3, 0.4) is 0 Å². The van der Waals surface area contributed by atoms with Crippen LogP contribution in [0.2, 0.25) is 0 Å². The van der Waals surface area contributed by atoms with Crippen LogP contribution in [-0.4, -0.2) is 31.6 Å². The lowest BCUT2D eigenvalue weighted by atomic mass is 9.76. The van der Waals surface area contributed by atoms with Gasteiger partial charge in [0.1, 0.15) is 0 Å². The van der Waals surface area contributed by atoms with E-state index in [0.29, 0.717) is 5.56 Å². The third-order valence-corrected chi connectivity index (χ3v) is 7.91. The number of fused-ring (bicyclic) bond motifs is 1. The quantitative estimate of drug-likeness (QED) is 0.171. The van der Waals surface area contributed by atoms with E-state index in [4.69, 9.17) is 13.6 Å².